The minimum Gasteiger partial charge on any atom is -0.458 e. The van der Waals surface area contributed by atoms with E-state index in [0.29, 0.717) is 5.57 Å². The summed E-state index contributed by atoms with van der Waals surface area (Å²) < 4.78 is 24.1. The first-order chi connectivity index (χ1) is 13.5. The Hall–Kier alpha value is -1.03. The topological polar surface area (TPSA) is 125 Å². The molecule has 0 aromatic rings. The van der Waals surface area contributed by atoms with Crippen molar-refractivity contribution in [1.29, 1.82) is 0 Å². The van der Waals surface area contributed by atoms with Crippen molar-refractivity contribution in [2.75, 3.05) is 6.61 Å². The van der Waals surface area contributed by atoms with Crippen LogP contribution in [-0.2, 0) is 23.7 Å². The summed E-state index contributed by atoms with van der Waals surface area (Å²) >= 11 is 0. The Labute approximate surface area is 167 Å². The molecule has 0 bridgehead atoms. The van der Waals surface area contributed by atoms with Crippen LogP contribution in [0.15, 0.2) is 11.1 Å². The maximum Gasteiger partial charge on any atom is 0.337 e. The molecule has 0 amide bonds. The van der Waals surface area contributed by atoms with Crippen LogP contribution in [0, 0.1) is 11.3 Å². The molecule has 2 spiro atoms. The van der Waals surface area contributed by atoms with Gasteiger partial charge in [-0.1, -0.05) is 20.8 Å². The first kappa shape index (κ1) is 17.6. The minimum absolute atomic E-state index is 0.0377. The van der Waals surface area contributed by atoms with Crippen LogP contribution in [0.5, 0.6) is 0 Å². The number of hydrogen-bond donors (Lipinski definition) is 3. The highest BCUT2D eigenvalue weighted by Gasteiger charge is 3.04. The molecule has 4 heterocycles. The standard InChI is InChI=1S/C21H26O8/c1-8(2)19-13(28-19)14-21(29-14)16(3)5-10(22)12-9(7-26-15(12)23)18(16,25)6-11-20(21,27-11)17(19,4)24/h8,10-11,13-14,22,24-25H,5-7H2,1-4H3/t10-,11-,13-,14-,16-,17+,18-,19-,20+,21+/m0/s1. The van der Waals surface area contributed by atoms with Crippen molar-refractivity contribution < 1.29 is 39.1 Å². The van der Waals surface area contributed by atoms with Gasteiger partial charge in [0, 0.05) is 17.4 Å². The molecule has 0 aromatic carbocycles. The largest absolute Gasteiger partial charge is 0.458 e. The summed E-state index contributed by atoms with van der Waals surface area (Å²) in [4.78, 5) is 12.2. The molecule has 3 N–H and O–H groups in total. The van der Waals surface area contributed by atoms with E-state index in [4.69, 9.17) is 18.9 Å². The molecule has 2 saturated carbocycles. The van der Waals surface area contributed by atoms with Crippen molar-refractivity contribution in [3.63, 3.8) is 0 Å². The number of esters is 1. The number of ether oxygens (including phenoxy) is 4. The van der Waals surface area contributed by atoms with E-state index in [1.54, 1.807) is 6.92 Å². The molecule has 7 aliphatic rings. The van der Waals surface area contributed by atoms with Gasteiger partial charge in [0.15, 0.2) is 5.60 Å². The van der Waals surface area contributed by atoms with Gasteiger partial charge >= 0.3 is 5.97 Å². The molecule has 0 radical (unpaired) electrons. The van der Waals surface area contributed by atoms with Gasteiger partial charge in [0.25, 0.3) is 0 Å². The highest BCUT2D eigenvalue weighted by atomic mass is 16.8. The molecule has 29 heavy (non-hydrogen) atoms. The van der Waals surface area contributed by atoms with E-state index in [1.165, 1.54) is 0 Å². The van der Waals surface area contributed by atoms with Crippen LogP contribution in [-0.4, -0.2) is 80.3 Å². The van der Waals surface area contributed by atoms with Crippen LogP contribution in [0.1, 0.15) is 40.5 Å². The molecular formula is C21H26O8. The zero-order valence-corrected chi connectivity index (χ0v) is 16.9. The molecule has 3 aliphatic carbocycles. The van der Waals surface area contributed by atoms with Crippen molar-refractivity contribution in [3.8, 4) is 0 Å². The van der Waals surface area contributed by atoms with Gasteiger partial charge in [-0.3, -0.25) is 0 Å². The van der Waals surface area contributed by atoms with Crippen molar-refractivity contribution >= 4 is 5.97 Å². The van der Waals surface area contributed by atoms with Gasteiger partial charge in [0.05, 0.1) is 17.8 Å². The molecule has 4 aliphatic heterocycles. The fourth-order valence-electron chi connectivity index (χ4n) is 8.42. The summed E-state index contributed by atoms with van der Waals surface area (Å²) in [5.41, 5.74) is -5.85. The monoisotopic (exact) mass is 406 g/mol. The quantitative estimate of drug-likeness (QED) is 0.396. The fourth-order valence-corrected chi connectivity index (χ4v) is 8.42. The first-order valence-corrected chi connectivity index (χ1v) is 10.5. The summed E-state index contributed by atoms with van der Waals surface area (Å²) in [5.74, 6) is -0.507. The average Bonchev–Trinajstić information content (AvgIpc) is 3.50. The summed E-state index contributed by atoms with van der Waals surface area (Å²) in [6.07, 6.45) is -1.76. The molecule has 10 atom stereocenters. The Bertz CT molecular complexity index is 941. The van der Waals surface area contributed by atoms with Gasteiger partial charge in [-0.2, -0.15) is 0 Å². The highest BCUT2D eigenvalue weighted by Crippen LogP contribution is 2.85. The number of aliphatic hydroxyl groups excluding tert-OH is 1. The Morgan fingerprint density at radius 1 is 1.03 bits per heavy atom. The van der Waals surface area contributed by atoms with E-state index < -0.39 is 51.6 Å². The number of carbonyl (C=O) groups is 1. The SMILES string of the molecule is CC(C)[C@]12O[C@H]1[C@@H]1O[C@@]13[C@@]1(C)C[C@H](O)C4=C(COC4=O)[C@@]1(O)C[C@@H]1O[C@@]13[C@]2(C)O. The third-order valence-electron chi connectivity index (χ3n) is 9.78. The smallest absolute Gasteiger partial charge is 0.337 e. The predicted molar refractivity (Wildman–Crippen MR) is 94.6 cm³/mol. The lowest BCUT2D eigenvalue weighted by Gasteiger charge is -2.60. The Morgan fingerprint density at radius 2 is 1.76 bits per heavy atom. The van der Waals surface area contributed by atoms with Crippen molar-refractivity contribution in [3.05, 3.63) is 11.1 Å². The maximum atomic E-state index is 12.2. The molecule has 7 rings (SSSR count). The van der Waals surface area contributed by atoms with Crippen LogP contribution >= 0.6 is 0 Å². The van der Waals surface area contributed by atoms with Gasteiger partial charge in [0.2, 0.25) is 0 Å². The Kier molecular flexibility index (Phi) is 2.54. The second kappa shape index (κ2) is 4.18. The number of carbonyl (C=O) groups excluding carboxylic acids is 1. The van der Waals surface area contributed by atoms with Crippen LogP contribution in [0.3, 0.4) is 0 Å². The van der Waals surface area contributed by atoms with Crippen LogP contribution in [0.4, 0.5) is 0 Å². The van der Waals surface area contributed by atoms with Gasteiger partial charge in [-0.15, -0.1) is 0 Å². The van der Waals surface area contributed by atoms with Gasteiger partial charge in [-0.05, 0) is 19.3 Å². The number of hydrogen-bond acceptors (Lipinski definition) is 8. The van der Waals surface area contributed by atoms with Crippen molar-refractivity contribution in [2.24, 2.45) is 11.3 Å². The molecule has 0 unspecified atom stereocenters. The van der Waals surface area contributed by atoms with Gasteiger partial charge in [0.1, 0.15) is 41.2 Å². The lowest BCUT2D eigenvalue weighted by atomic mass is 9.42. The number of fused-ring (bicyclic) bond motifs is 4. The maximum absolute atomic E-state index is 12.2. The molecule has 3 saturated heterocycles. The second-order valence-corrected chi connectivity index (χ2v) is 10.8. The number of rotatable bonds is 1. The first-order valence-electron chi connectivity index (χ1n) is 10.5. The third kappa shape index (κ3) is 1.29. The van der Waals surface area contributed by atoms with E-state index in [9.17, 15) is 20.1 Å². The molecule has 0 aromatic heterocycles. The summed E-state index contributed by atoms with van der Waals surface area (Å²) in [6.45, 7) is 7.68. The average molecular weight is 406 g/mol. The third-order valence-corrected chi connectivity index (χ3v) is 9.78. The fraction of sp³-hybridized carbons (Fsp3) is 0.857. The van der Waals surface area contributed by atoms with E-state index in [0.717, 1.165) is 0 Å². The van der Waals surface area contributed by atoms with Gasteiger partial charge < -0.3 is 34.3 Å². The van der Waals surface area contributed by atoms with Crippen LogP contribution in [0.25, 0.3) is 0 Å². The molecule has 8 nitrogen and oxygen atoms in total. The van der Waals surface area contributed by atoms with E-state index in [-0.39, 0.29) is 43.1 Å². The number of epoxide rings is 3. The molecule has 158 valence electrons. The van der Waals surface area contributed by atoms with E-state index in [1.807, 2.05) is 20.8 Å². The summed E-state index contributed by atoms with van der Waals surface area (Å²) in [7, 11) is 0. The zero-order valence-electron chi connectivity index (χ0n) is 16.9. The summed E-state index contributed by atoms with van der Waals surface area (Å²) in [6, 6.07) is 0. The minimum atomic E-state index is -1.42. The van der Waals surface area contributed by atoms with E-state index in [2.05, 4.69) is 0 Å². The van der Waals surface area contributed by atoms with Crippen molar-refractivity contribution in [2.45, 2.75) is 93.0 Å². The normalized spacial score (nSPS) is 65.6. The van der Waals surface area contributed by atoms with E-state index >= 15 is 0 Å². The Balaban J connectivity index is 1.45. The molecular weight excluding hydrogens is 380 g/mol. The number of aliphatic hydroxyl groups is 3. The lowest BCUT2D eigenvalue weighted by Crippen LogP contribution is -2.78. The van der Waals surface area contributed by atoms with Crippen LogP contribution < -0.4 is 0 Å². The molecule has 5 fully saturated rings. The van der Waals surface area contributed by atoms with Crippen LogP contribution in [0.2, 0.25) is 0 Å². The summed E-state index contributed by atoms with van der Waals surface area (Å²) in [5, 5.41) is 34.8. The van der Waals surface area contributed by atoms with Gasteiger partial charge in [-0.25, -0.2) is 4.79 Å². The predicted octanol–water partition coefficient (Wildman–Crippen LogP) is -0.421. The molecule has 8 heteroatoms. The Morgan fingerprint density at radius 3 is 2.45 bits per heavy atom. The second-order valence-electron chi connectivity index (χ2n) is 10.8. The number of cyclic esters (lactones) is 1. The lowest BCUT2D eigenvalue weighted by molar-refractivity contribution is -0.199. The highest BCUT2D eigenvalue weighted by molar-refractivity contribution is 5.94. The zero-order chi connectivity index (χ0) is 20.6. The van der Waals surface area contributed by atoms with Crippen molar-refractivity contribution in [1.82, 2.24) is 0 Å².